The first-order chi connectivity index (χ1) is 11.1. The molecule has 0 aliphatic rings. The first-order valence-corrected chi connectivity index (χ1v) is 7.13. The number of rotatable bonds is 4. The lowest BCUT2D eigenvalue weighted by atomic mass is 10.1. The fraction of sp³-hybridized carbons (Fsp3) is 0.214. The van der Waals surface area contributed by atoms with Crippen LogP contribution in [-0.4, -0.2) is 29.8 Å². The lowest BCUT2D eigenvalue weighted by Gasteiger charge is -2.12. The minimum atomic E-state index is -0.332. The van der Waals surface area contributed by atoms with Crippen molar-refractivity contribution in [2.75, 3.05) is 0 Å². The Kier molecular flexibility index (Phi) is 4.07. The highest BCUT2D eigenvalue weighted by Crippen LogP contribution is 2.19. The van der Waals surface area contributed by atoms with Crippen molar-refractivity contribution in [3.05, 3.63) is 57.4 Å². The number of aromatic nitrogens is 6. The van der Waals surface area contributed by atoms with Gasteiger partial charge in [-0.25, -0.2) is 9.78 Å². The topological polar surface area (TPSA) is 87.7 Å². The predicted molar refractivity (Wildman–Crippen MR) is 82.7 cm³/mol. The summed E-state index contributed by atoms with van der Waals surface area (Å²) >= 11 is 5.74. The third kappa shape index (κ3) is 3.07. The quantitative estimate of drug-likeness (QED) is 0.669. The van der Waals surface area contributed by atoms with Gasteiger partial charge in [-0.05, 0) is 40.6 Å². The van der Waals surface area contributed by atoms with Gasteiger partial charge in [0, 0.05) is 24.9 Å². The first-order valence-electron chi connectivity index (χ1n) is 6.75. The molecule has 3 aromatic rings. The normalized spacial score (nSPS) is 10.7. The number of hydrogen-bond donors (Lipinski definition) is 0. The van der Waals surface area contributed by atoms with Gasteiger partial charge in [0.05, 0.1) is 5.69 Å². The Morgan fingerprint density at radius 1 is 1.26 bits per heavy atom. The molecule has 0 aliphatic carbocycles. The molecule has 0 saturated carbocycles. The second-order valence-corrected chi connectivity index (χ2v) is 5.16. The molecule has 0 unspecified atom stereocenters. The average molecular weight is 333 g/mol. The number of aryl methyl sites for hydroxylation is 2. The Morgan fingerprint density at radius 2 is 2.09 bits per heavy atom. The lowest BCUT2D eigenvalue weighted by molar-refractivity contribution is 0.292. The van der Waals surface area contributed by atoms with E-state index in [1.54, 1.807) is 19.2 Å². The molecule has 0 aliphatic heterocycles. The van der Waals surface area contributed by atoms with Gasteiger partial charge in [0.2, 0.25) is 11.2 Å². The maximum atomic E-state index is 12.1. The molecule has 8 nitrogen and oxygen atoms in total. The number of halogens is 1. The fourth-order valence-electron chi connectivity index (χ4n) is 2.08. The molecule has 118 valence electrons. The van der Waals surface area contributed by atoms with Gasteiger partial charge in [-0.3, -0.25) is 0 Å². The van der Waals surface area contributed by atoms with Crippen molar-refractivity contribution in [1.82, 2.24) is 29.8 Å². The Hall–Kier alpha value is -2.74. The fourth-order valence-corrected chi connectivity index (χ4v) is 2.22. The summed E-state index contributed by atoms with van der Waals surface area (Å²) in [5.74, 6) is 0.352. The Morgan fingerprint density at radius 3 is 2.78 bits per heavy atom. The van der Waals surface area contributed by atoms with Crippen LogP contribution in [0, 0.1) is 6.92 Å². The molecule has 2 aromatic heterocycles. The molecule has 23 heavy (non-hydrogen) atoms. The van der Waals surface area contributed by atoms with Gasteiger partial charge in [-0.1, -0.05) is 12.1 Å². The second-order valence-electron chi connectivity index (χ2n) is 4.82. The highest BCUT2D eigenvalue weighted by Gasteiger charge is 2.13. The monoisotopic (exact) mass is 332 g/mol. The van der Waals surface area contributed by atoms with E-state index < -0.39 is 0 Å². The van der Waals surface area contributed by atoms with Crippen molar-refractivity contribution < 1.29 is 4.74 Å². The molecule has 9 heteroatoms. The standard InChI is InChI=1S/C14H13ClN6O2/c1-9-4-3-5-11(21-14(22)20(2)18-19-21)10(9)8-23-12-6-7-16-13(15)17-12/h3-7H,8H2,1-2H3. The van der Waals surface area contributed by atoms with E-state index in [4.69, 9.17) is 16.3 Å². The van der Waals surface area contributed by atoms with Gasteiger partial charge in [-0.2, -0.15) is 14.3 Å². The molecular weight excluding hydrogens is 320 g/mol. The molecular formula is C14H13ClN6O2. The maximum absolute atomic E-state index is 12.1. The van der Waals surface area contributed by atoms with Gasteiger partial charge in [0.15, 0.2) is 0 Å². The van der Waals surface area contributed by atoms with E-state index in [9.17, 15) is 4.79 Å². The van der Waals surface area contributed by atoms with Crippen LogP contribution < -0.4 is 10.4 Å². The van der Waals surface area contributed by atoms with Gasteiger partial charge in [-0.15, -0.1) is 0 Å². The van der Waals surface area contributed by atoms with Crippen LogP contribution in [0.5, 0.6) is 5.88 Å². The Bertz CT molecular complexity index is 904. The van der Waals surface area contributed by atoms with Crippen molar-refractivity contribution in [2.24, 2.45) is 7.05 Å². The number of ether oxygens (including phenoxy) is 1. The summed E-state index contributed by atoms with van der Waals surface area (Å²) in [6.07, 6.45) is 1.51. The van der Waals surface area contributed by atoms with Crippen LogP contribution in [0.25, 0.3) is 5.69 Å². The second kappa shape index (κ2) is 6.17. The number of tetrazole rings is 1. The highest BCUT2D eigenvalue weighted by atomic mass is 35.5. The lowest BCUT2D eigenvalue weighted by Crippen LogP contribution is -2.23. The maximum Gasteiger partial charge on any atom is 0.368 e. The molecule has 0 bridgehead atoms. The summed E-state index contributed by atoms with van der Waals surface area (Å²) in [6, 6.07) is 7.17. The molecule has 0 radical (unpaired) electrons. The molecule has 3 rings (SSSR count). The zero-order valence-electron chi connectivity index (χ0n) is 12.5. The smallest absolute Gasteiger partial charge is 0.368 e. The summed E-state index contributed by atoms with van der Waals surface area (Å²) < 4.78 is 8.06. The number of hydrogen-bond acceptors (Lipinski definition) is 6. The van der Waals surface area contributed by atoms with Crippen LogP contribution in [-0.2, 0) is 13.7 Å². The van der Waals surface area contributed by atoms with E-state index in [-0.39, 0.29) is 17.6 Å². The zero-order chi connectivity index (χ0) is 16.4. The van der Waals surface area contributed by atoms with Crippen LogP contribution in [0.4, 0.5) is 0 Å². The van der Waals surface area contributed by atoms with Crippen LogP contribution in [0.15, 0.2) is 35.3 Å². The largest absolute Gasteiger partial charge is 0.473 e. The highest BCUT2D eigenvalue weighted by molar-refractivity contribution is 6.28. The summed E-state index contributed by atoms with van der Waals surface area (Å²) in [7, 11) is 1.54. The van der Waals surface area contributed by atoms with Crippen LogP contribution in [0.1, 0.15) is 11.1 Å². The molecule has 0 N–H and O–H groups in total. The van der Waals surface area contributed by atoms with Crippen LogP contribution >= 0.6 is 11.6 Å². The summed E-state index contributed by atoms with van der Waals surface area (Å²) in [5, 5.41) is 7.71. The number of benzene rings is 1. The molecule has 0 spiro atoms. The number of nitrogens with zero attached hydrogens (tertiary/aromatic N) is 6. The van der Waals surface area contributed by atoms with Gasteiger partial charge in [0.1, 0.15) is 6.61 Å². The molecule has 0 amide bonds. The van der Waals surface area contributed by atoms with Gasteiger partial charge >= 0.3 is 5.69 Å². The van der Waals surface area contributed by atoms with E-state index in [0.717, 1.165) is 15.8 Å². The van der Waals surface area contributed by atoms with Gasteiger partial charge < -0.3 is 4.74 Å². The van der Waals surface area contributed by atoms with Crippen molar-refractivity contribution in [3.63, 3.8) is 0 Å². The SMILES string of the molecule is Cc1cccc(-n2nnn(C)c2=O)c1COc1ccnc(Cl)n1. The van der Waals surface area contributed by atoms with Crippen molar-refractivity contribution >= 4 is 11.6 Å². The zero-order valence-corrected chi connectivity index (χ0v) is 13.2. The average Bonchev–Trinajstić information content (AvgIpc) is 2.86. The molecule has 2 heterocycles. The molecule has 1 aromatic carbocycles. The van der Waals surface area contributed by atoms with Crippen LogP contribution in [0.3, 0.4) is 0 Å². The van der Waals surface area contributed by atoms with E-state index in [1.165, 1.54) is 10.9 Å². The third-order valence-corrected chi connectivity index (χ3v) is 3.48. The van der Waals surface area contributed by atoms with E-state index >= 15 is 0 Å². The van der Waals surface area contributed by atoms with Crippen molar-refractivity contribution in [1.29, 1.82) is 0 Å². The van der Waals surface area contributed by atoms with E-state index in [0.29, 0.717) is 11.6 Å². The van der Waals surface area contributed by atoms with Crippen LogP contribution in [0.2, 0.25) is 5.28 Å². The minimum absolute atomic E-state index is 0.109. The minimum Gasteiger partial charge on any atom is -0.473 e. The first kappa shape index (κ1) is 15.2. The molecule has 0 atom stereocenters. The molecule has 0 saturated heterocycles. The summed E-state index contributed by atoms with van der Waals surface area (Å²) in [4.78, 5) is 19.8. The molecule has 0 fully saturated rings. The predicted octanol–water partition coefficient (Wildman–Crippen LogP) is 1.30. The van der Waals surface area contributed by atoms with E-state index in [2.05, 4.69) is 20.4 Å². The van der Waals surface area contributed by atoms with Gasteiger partial charge in [0.25, 0.3) is 0 Å². The third-order valence-electron chi connectivity index (χ3n) is 3.30. The van der Waals surface area contributed by atoms with Crippen molar-refractivity contribution in [2.45, 2.75) is 13.5 Å². The summed E-state index contributed by atoms with van der Waals surface area (Å²) in [6.45, 7) is 2.13. The van der Waals surface area contributed by atoms with Crippen molar-refractivity contribution in [3.8, 4) is 11.6 Å². The Balaban J connectivity index is 1.96. The summed E-state index contributed by atoms with van der Waals surface area (Å²) in [5.41, 5.74) is 2.05. The van der Waals surface area contributed by atoms with E-state index in [1.807, 2.05) is 19.1 Å². The Labute approximate surface area is 136 Å².